The summed E-state index contributed by atoms with van der Waals surface area (Å²) in [6.45, 7) is 3.80. The molecule has 1 amide bonds. The number of anilines is 1. The molecule has 0 fully saturated rings. The van der Waals surface area contributed by atoms with E-state index in [1.54, 1.807) is 48.5 Å². The van der Waals surface area contributed by atoms with E-state index >= 15 is 0 Å². The van der Waals surface area contributed by atoms with Gasteiger partial charge in [0.25, 0.3) is 0 Å². The number of alkyl halides is 3. The normalized spacial score (nSPS) is 11.8. The van der Waals surface area contributed by atoms with Gasteiger partial charge in [0.15, 0.2) is 5.82 Å². The van der Waals surface area contributed by atoms with Gasteiger partial charge in [-0.15, -0.1) is 0 Å². The minimum atomic E-state index is -4.64. The van der Waals surface area contributed by atoms with Crippen molar-refractivity contribution in [2.24, 2.45) is 0 Å². The van der Waals surface area contributed by atoms with Crippen LogP contribution < -0.4 is 10.1 Å². The molecule has 0 atom stereocenters. The highest BCUT2D eigenvalue weighted by Gasteiger charge is 2.38. The molecule has 3 aromatic rings. The Balaban J connectivity index is 1.82. The summed E-state index contributed by atoms with van der Waals surface area (Å²) in [5.41, 5.74) is -0.232. The van der Waals surface area contributed by atoms with E-state index in [-0.39, 0.29) is 23.0 Å². The van der Waals surface area contributed by atoms with Gasteiger partial charge < -0.3 is 10.1 Å². The molecule has 0 aliphatic heterocycles. The van der Waals surface area contributed by atoms with Crippen molar-refractivity contribution in [3.8, 4) is 16.9 Å². The van der Waals surface area contributed by atoms with Crippen molar-refractivity contribution >= 4 is 17.8 Å². The van der Waals surface area contributed by atoms with Crippen molar-refractivity contribution in [2.45, 2.75) is 26.1 Å². The molecule has 3 rings (SSSR count). The fraction of sp³-hybridized carbons (Fsp3) is 0.182. The molecule has 0 unspecified atom stereocenters. The quantitative estimate of drug-likeness (QED) is 0.520. The van der Waals surface area contributed by atoms with Gasteiger partial charge in [-0.2, -0.15) is 18.3 Å². The summed E-state index contributed by atoms with van der Waals surface area (Å²) in [5, 5.41) is 8.08. The number of aromatic amines is 1. The Morgan fingerprint density at radius 1 is 1.13 bits per heavy atom. The van der Waals surface area contributed by atoms with Crippen molar-refractivity contribution in [3.05, 3.63) is 71.9 Å². The highest BCUT2D eigenvalue weighted by Crippen LogP contribution is 2.39. The molecule has 0 saturated heterocycles. The highest BCUT2D eigenvalue weighted by atomic mass is 19.4. The number of carbonyl (C=O) groups is 1. The van der Waals surface area contributed by atoms with Crippen molar-refractivity contribution < 1.29 is 22.7 Å². The van der Waals surface area contributed by atoms with Crippen molar-refractivity contribution in [2.75, 3.05) is 5.32 Å². The Hall–Kier alpha value is -3.55. The van der Waals surface area contributed by atoms with E-state index in [1.165, 1.54) is 18.2 Å². The molecule has 0 saturated carbocycles. The van der Waals surface area contributed by atoms with Crippen molar-refractivity contribution in [1.82, 2.24) is 10.2 Å². The van der Waals surface area contributed by atoms with E-state index in [1.807, 2.05) is 18.9 Å². The molecule has 0 radical (unpaired) electrons. The molecule has 1 aromatic heterocycles. The maximum atomic E-state index is 13.4. The third-order valence-electron chi connectivity index (χ3n) is 4.01. The third-order valence-corrected chi connectivity index (χ3v) is 4.01. The van der Waals surface area contributed by atoms with E-state index in [2.05, 4.69) is 10.4 Å². The lowest BCUT2D eigenvalue weighted by molar-refractivity contribution is -0.140. The molecule has 0 aliphatic carbocycles. The molecule has 0 spiro atoms. The van der Waals surface area contributed by atoms with Gasteiger partial charge in [-0.1, -0.05) is 42.5 Å². The van der Waals surface area contributed by atoms with Crippen molar-refractivity contribution in [3.63, 3.8) is 0 Å². The van der Waals surface area contributed by atoms with Crippen LogP contribution in [-0.4, -0.2) is 22.2 Å². The molecular weight excluding hydrogens is 395 g/mol. The van der Waals surface area contributed by atoms with Crippen LogP contribution >= 0.6 is 0 Å². The van der Waals surface area contributed by atoms with Gasteiger partial charge in [0.2, 0.25) is 5.91 Å². The lowest BCUT2D eigenvalue weighted by atomic mass is 10.1. The monoisotopic (exact) mass is 415 g/mol. The molecule has 1 heterocycles. The van der Waals surface area contributed by atoms with Gasteiger partial charge in [0.05, 0.1) is 11.7 Å². The summed E-state index contributed by atoms with van der Waals surface area (Å²) in [4.78, 5) is 12.3. The van der Waals surface area contributed by atoms with Crippen LogP contribution in [0.3, 0.4) is 0 Å². The summed E-state index contributed by atoms with van der Waals surface area (Å²) in [6.07, 6.45) is -1.87. The number of ether oxygens (including phenoxy) is 1. The standard InChI is InChI=1S/C22H20F3N3O2/c1-14(2)30-17-10-6-7-15(13-17)11-12-18(29)26-21-19(16-8-4-3-5-9-16)20(27-28-21)22(23,24)25/h3-14H,1-2H3,(H2,26,27,28,29)/b12-11+. The lowest BCUT2D eigenvalue weighted by Crippen LogP contribution is -2.10. The topological polar surface area (TPSA) is 67.0 Å². The van der Waals surface area contributed by atoms with Crippen LogP contribution in [0.1, 0.15) is 25.1 Å². The summed E-state index contributed by atoms with van der Waals surface area (Å²) >= 11 is 0. The smallest absolute Gasteiger partial charge is 0.433 e. The fourth-order valence-corrected chi connectivity index (χ4v) is 2.82. The Labute approximate surface area is 171 Å². The predicted octanol–water partition coefficient (Wildman–Crippen LogP) is 5.53. The first-order chi connectivity index (χ1) is 14.2. The number of rotatable bonds is 6. The minimum absolute atomic E-state index is 0.00595. The van der Waals surface area contributed by atoms with Gasteiger partial charge in [0.1, 0.15) is 11.4 Å². The second-order valence-corrected chi connectivity index (χ2v) is 6.75. The first kappa shape index (κ1) is 21.2. The fourth-order valence-electron chi connectivity index (χ4n) is 2.82. The van der Waals surface area contributed by atoms with Crippen LogP contribution in [0, 0.1) is 0 Å². The van der Waals surface area contributed by atoms with Gasteiger partial charge in [-0.05, 0) is 43.2 Å². The van der Waals surface area contributed by atoms with E-state index in [0.717, 1.165) is 0 Å². The first-order valence-corrected chi connectivity index (χ1v) is 9.21. The second-order valence-electron chi connectivity index (χ2n) is 6.75. The number of H-pyrrole nitrogens is 1. The minimum Gasteiger partial charge on any atom is -0.491 e. The number of carbonyl (C=O) groups excluding carboxylic acids is 1. The van der Waals surface area contributed by atoms with E-state index in [0.29, 0.717) is 11.3 Å². The molecule has 0 aliphatic rings. The second kappa shape index (κ2) is 8.86. The Morgan fingerprint density at radius 3 is 2.53 bits per heavy atom. The number of halogens is 3. The summed E-state index contributed by atoms with van der Waals surface area (Å²) in [5.74, 6) is -0.149. The van der Waals surface area contributed by atoms with Gasteiger partial charge in [-0.25, -0.2) is 0 Å². The molecule has 5 nitrogen and oxygen atoms in total. The average molecular weight is 415 g/mol. The number of aromatic nitrogens is 2. The van der Waals surface area contributed by atoms with Crippen LogP contribution in [0.5, 0.6) is 5.75 Å². The van der Waals surface area contributed by atoms with Crippen LogP contribution in [0.2, 0.25) is 0 Å². The molecule has 30 heavy (non-hydrogen) atoms. The molecule has 8 heteroatoms. The Kier molecular flexibility index (Phi) is 6.25. The number of nitrogens with one attached hydrogen (secondary N) is 2. The maximum Gasteiger partial charge on any atom is 0.433 e. The summed E-state index contributed by atoms with van der Waals surface area (Å²) in [7, 11) is 0. The first-order valence-electron chi connectivity index (χ1n) is 9.21. The van der Waals surface area contributed by atoms with Gasteiger partial charge in [-0.3, -0.25) is 9.89 Å². The molecule has 156 valence electrons. The van der Waals surface area contributed by atoms with Crippen molar-refractivity contribution in [1.29, 1.82) is 0 Å². The molecule has 2 N–H and O–H groups in total. The van der Waals surface area contributed by atoms with E-state index < -0.39 is 17.8 Å². The molecule has 2 aromatic carbocycles. The maximum absolute atomic E-state index is 13.4. The number of hydrogen-bond acceptors (Lipinski definition) is 3. The Morgan fingerprint density at radius 2 is 1.87 bits per heavy atom. The van der Waals surface area contributed by atoms with Gasteiger partial charge >= 0.3 is 6.18 Å². The zero-order chi connectivity index (χ0) is 21.7. The van der Waals surface area contributed by atoms with Crippen LogP contribution in [-0.2, 0) is 11.0 Å². The SMILES string of the molecule is CC(C)Oc1cccc(/C=C/C(=O)Nc2n[nH]c(C(F)(F)F)c2-c2ccccc2)c1. The average Bonchev–Trinajstić information content (AvgIpc) is 3.11. The van der Waals surface area contributed by atoms with E-state index in [9.17, 15) is 18.0 Å². The highest BCUT2D eigenvalue weighted by molar-refractivity contribution is 6.03. The number of hydrogen-bond donors (Lipinski definition) is 2. The number of benzene rings is 2. The molecular formula is C22H20F3N3O2. The Bertz CT molecular complexity index is 1040. The zero-order valence-corrected chi connectivity index (χ0v) is 16.3. The van der Waals surface area contributed by atoms with Crippen LogP contribution in [0.15, 0.2) is 60.7 Å². The largest absolute Gasteiger partial charge is 0.491 e. The third kappa shape index (κ3) is 5.28. The van der Waals surface area contributed by atoms with Crippen LogP contribution in [0.4, 0.5) is 19.0 Å². The van der Waals surface area contributed by atoms with E-state index in [4.69, 9.17) is 4.74 Å². The summed E-state index contributed by atoms with van der Waals surface area (Å²) < 4.78 is 45.7. The van der Waals surface area contributed by atoms with Gasteiger partial charge in [0, 0.05) is 6.08 Å². The van der Waals surface area contributed by atoms with Crippen LogP contribution in [0.25, 0.3) is 17.2 Å². The predicted molar refractivity (Wildman–Crippen MR) is 109 cm³/mol. The molecule has 0 bridgehead atoms. The number of nitrogens with zero attached hydrogens (tertiary/aromatic N) is 1. The lowest BCUT2D eigenvalue weighted by Gasteiger charge is -2.10. The summed E-state index contributed by atoms with van der Waals surface area (Å²) in [6, 6.07) is 15.1. The zero-order valence-electron chi connectivity index (χ0n) is 16.3. The number of amides is 1.